The summed E-state index contributed by atoms with van der Waals surface area (Å²) in [6, 6.07) is 7.82. The van der Waals surface area contributed by atoms with Crippen molar-refractivity contribution < 1.29 is 17.2 Å². The Morgan fingerprint density at radius 3 is 2.37 bits per heavy atom. The van der Waals surface area contributed by atoms with E-state index < -0.39 is 20.7 Å². The summed E-state index contributed by atoms with van der Waals surface area (Å²) in [6.07, 6.45) is 5.22. The van der Waals surface area contributed by atoms with Crippen LogP contribution in [0.15, 0.2) is 24.3 Å². The van der Waals surface area contributed by atoms with Crippen LogP contribution in [0.5, 0.6) is 0 Å². The number of likely N-dealkylation sites (tertiary alicyclic amines) is 1. The third-order valence-electron chi connectivity index (χ3n) is 9.96. The molecule has 0 aromatic carbocycles. The van der Waals surface area contributed by atoms with Crippen molar-refractivity contribution in [3.8, 4) is 0 Å². The number of H-pyrrole nitrogens is 1. The standard InChI is InChI=1S/C30H40F2N8O2S/c1-3-29(8-9-29)43(41,42)40-22-5-6-23(40)16-21(15-22)34-28-24-7-4-20(18-39-12-10-30(31,32)11-13-39)33-25(24)17-26(36-28)35-27-14-19(2)37-38-27/h4,7,14,17,21-23H,3,5-6,8-13,15-16,18H2,1-2H3,(H3,34,35,36,37,38)/t21?,22-,23+. The van der Waals surface area contributed by atoms with Crippen molar-refractivity contribution in [2.75, 3.05) is 23.7 Å². The van der Waals surface area contributed by atoms with Gasteiger partial charge in [0.1, 0.15) is 11.6 Å². The van der Waals surface area contributed by atoms with Crippen molar-refractivity contribution in [1.82, 2.24) is 29.4 Å². The Balaban J connectivity index is 1.14. The van der Waals surface area contributed by atoms with Gasteiger partial charge < -0.3 is 10.6 Å². The molecule has 0 amide bonds. The van der Waals surface area contributed by atoms with Gasteiger partial charge in [0, 0.05) is 73.8 Å². The molecule has 3 aliphatic heterocycles. The van der Waals surface area contributed by atoms with Crippen LogP contribution < -0.4 is 10.6 Å². The van der Waals surface area contributed by atoms with Gasteiger partial charge >= 0.3 is 0 Å². The summed E-state index contributed by atoms with van der Waals surface area (Å²) < 4.78 is 56.0. The monoisotopic (exact) mass is 614 g/mol. The van der Waals surface area contributed by atoms with Gasteiger partial charge in [0.05, 0.1) is 16.0 Å². The second-order valence-corrected chi connectivity index (χ2v) is 15.2. The zero-order valence-electron chi connectivity index (χ0n) is 24.7. The molecule has 1 saturated carbocycles. The number of nitrogens with one attached hydrogen (secondary N) is 3. The molecule has 10 nitrogen and oxygen atoms in total. The predicted octanol–water partition coefficient (Wildman–Crippen LogP) is 5.32. The maximum atomic E-state index is 13.7. The fourth-order valence-corrected chi connectivity index (χ4v) is 9.91. The van der Waals surface area contributed by atoms with Gasteiger partial charge in [-0.05, 0) is 64.0 Å². The smallest absolute Gasteiger partial charge is 0.250 e. The normalized spacial score (nSPS) is 26.9. The van der Waals surface area contributed by atoms with Crippen LogP contribution in [0.4, 0.5) is 26.2 Å². The van der Waals surface area contributed by atoms with Crippen molar-refractivity contribution in [1.29, 1.82) is 0 Å². The molecule has 0 spiro atoms. The number of sulfonamides is 1. The molecule has 3 N–H and O–H groups in total. The number of alkyl halides is 2. The highest BCUT2D eigenvalue weighted by Gasteiger charge is 2.60. The average Bonchev–Trinajstić information content (AvgIpc) is 3.60. The summed E-state index contributed by atoms with van der Waals surface area (Å²) in [5, 5.41) is 15.0. The van der Waals surface area contributed by atoms with Crippen LogP contribution in [0, 0.1) is 6.92 Å². The SMILES string of the molecule is CCC1(S(=O)(=O)N2[C@@H]3CC[C@H]2CC(Nc2nc(Nc4cc(C)[nH]n4)cc4nc(CN5CCC(F)(F)CC5)ccc24)C3)CC1. The highest BCUT2D eigenvalue weighted by Crippen LogP contribution is 2.52. The van der Waals surface area contributed by atoms with Gasteiger partial charge in [0.15, 0.2) is 5.82 Å². The molecule has 6 heterocycles. The first-order chi connectivity index (χ1) is 20.5. The fourth-order valence-electron chi connectivity index (χ4n) is 7.31. The number of piperidine rings is 2. The van der Waals surface area contributed by atoms with Crippen LogP contribution in [0.2, 0.25) is 0 Å². The van der Waals surface area contributed by atoms with E-state index in [1.54, 1.807) is 0 Å². The number of aryl methyl sites for hydroxylation is 1. The molecule has 13 heteroatoms. The maximum absolute atomic E-state index is 13.7. The molecule has 4 fully saturated rings. The lowest BCUT2D eigenvalue weighted by molar-refractivity contribution is -0.0568. The van der Waals surface area contributed by atoms with E-state index in [2.05, 4.69) is 20.8 Å². The first-order valence-electron chi connectivity index (χ1n) is 15.5. The summed E-state index contributed by atoms with van der Waals surface area (Å²) in [5.41, 5.74) is 2.48. The zero-order valence-corrected chi connectivity index (χ0v) is 25.6. The summed E-state index contributed by atoms with van der Waals surface area (Å²) in [5.74, 6) is -0.663. The van der Waals surface area contributed by atoms with Crippen molar-refractivity contribution in [3.63, 3.8) is 0 Å². The number of nitrogens with zero attached hydrogens (tertiary/aromatic N) is 5. The fraction of sp³-hybridized carbons (Fsp3) is 0.633. The van der Waals surface area contributed by atoms with Crippen molar-refractivity contribution >= 4 is 38.4 Å². The number of aromatic amines is 1. The Morgan fingerprint density at radius 1 is 1.02 bits per heavy atom. The number of pyridine rings is 2. The molecule has 7 rings (SSSR count). The van der Waals surface area contributed by atoms with Crippen LogP contribution in [0.1, 0.15) is 76.1 Å². The lowest BCUT2D eigenvalue weighted by Gasteiger charge is -2.40. The number of halogens is 2. The highest BCUT2D eigenvalue weighted by molar-refractivity contribution is 7.90. The number of hydrogen-bond acceptors (Lipinski definition) is 8. The van der Waals surface area contributed by atoms with Crippen molar-refractivity contribution in [2.45, 2.75) is 107 Å². The van der Waals surface area contributed by atoms with Gasteiger partial charge in [-0.2, -0.15) is 9.40 Å². The summed E-state index contributed by atoms with van der Waals surface area (Å²) in [6.45, 7) is 5.12. The van der Waals surface area contributed by atoms with Crippen LogP contribution in [0.3, 0.4) is 0 Å². The minimum atomic E-state index is -3.32. The minimum Gasteiger partial charge on any atom is -0.367 e. The molecule has 3 saturated heterocycles. The van der Waals surface area contributed by atoms with Gasteiger partial charge in [-0.15, -0.1) is 0 Å². The molecule has 232 valence electrons. The van der Waals surface area contributed by atoms with Crippen LogP contribution in [-0.4, -0.2) is 79.7 Å². The van der Waals surface area contributed by atoms with Crippen LogP contribution in [0.25, 0.3) is 10.9 Å². The topological polar surface area (TPSA) is 119 Å². The molecular formula is C30H40F2N8O2S. The average molecular weight is 615 g/mol. The van der Waals surface area contributed by atoms with E-state index in [9.17, 15) is 17.2 Å². The number of fused-ring (bicyclic) bond motifs is 3. The second kappa shape index (κ2) is 10.6. The predicted molar refractivity (Wildman–Crippen MR) is 162 cm³/mol. The summed E-state index contributed by atoms with van der Waals surface area (Å²) in [7, 11) is -3.32. The van der Waals surface area contributed by atoms with E-state index in [4.69, 9.17) is 9.97 Å². The molecule has 3 atom stereocenters. The van der Waals surface area contributed by atoms with Crippen LogP contribution >= 0.6 is 0 Å². The Labute approximate surface area is 251 Å². The van der Waals surface area contributed by atoms with Crippen LogP contribution in [-0.2, 0) is 16.6 Å². The summed E-state index contributed by atoms with van der Waals surface area (Å²) >= 11 is 0. The molecule has 3 aromatic rings. The van der Waals surface area contributed by atoms with E-state index in [-0.39, 0.29) is 31.0 Å². The quantitative estimate of drug-likeness (QED) is 0.297. The Kier molecular flexibility index (Phi) is 7.13. The third-order valence-corrected chi connectivity index (χ3v) is 12.9. The molecule has 1 unspecified atom stereocenters. The first-order valence-corrected chi connectivity index (χ1v) is 17.0. The van der Waals surface area contributed by atoms with Crippen molar-refractivity contribution in [3.05, 3.63) is 35.7 Å². The van der Waals surface area contributed by atoms with Crippen molar-refractivity contribution in [2.24, 2.45) is 0 Å². The Morgan fingerprint density at radius 2 is 1.74 bits per heavy atom. The Bertz CT molecular complexity index is 1600. The maximum Gasteiger partial charge on any atom is 0.250 e. The number of aromatic nitrogens is 4. The molecule has 4 aliphatic rings. The lowest BCUT2D eigenvalue weighted by Crippen LogP contribution is -2.53. The third kappa shape index (κ3) is 5.48. The number of anilines is 3. The first kappa shape index (κ1) is 28.8. The Hall–Kier alpha value is -2.90. The van der Waals surface area contributed by atoms with Gasteiger partial charge in [-0.25, -0.2) is 22.2 Å². The van der Waals surface area contributed by atoms with E-state index in [1.807, 2.05) is 47.3 Å². The number of hydrogen-bond donors (Lipinski definition) is 3. The molecule has 3 aromatic heterocycles. The number of rotatable bonds is 9. The molecular weight excluding hydrogens is 574 g/mol. The van der Waals surface area contributed by atoms with E-state index in [0.29, 0.717) is 43.5 Å². The van der Waals surface area contributed by atoms with Gasteiger partial charge in [0.2, 0.25) is 10.0 Å². The minimum absolute atomic E-state index is 0.00604. The highest BCUT2D eigenvalue weighted by atomic mass is 32.2. The molecule has 43 heavy (non-hydrogen) atoms. The van der Waals surface area contributed by atoms with Gasteiger partial charge in [-0.1, -0.05) is 6.92 Å². The second-order valence-electron chi connectivity index (χ2n) is 13.0. The zero-order chi connectivity index (χ0) is 30.0. The van der Waals surface area contributed by atoms with E-state index in [0.717, 1.165) is 60.8 Å². The molecule has 2 bridgehead atoms. The van der Waals surface area contributed by atoms with Gasteiger partial charge in [0.25, 0.3) is 5.92 Å². The largest absolute Gasteiger partial charge is 0.367 e. The molecule has 0 radical (unpaired) electrons. The van der Waals surface area contributed by atoms with E-state index >= 15 is 0 Å². The lowest BCUT2D eigenvalue weighted by atomic mass is 9.99. The van der Waals surface area contributed by atoms with Gasteiger partial charge in [-0.3, -0.25) is 15.0 Å². The molecule has 1 aliphatic carbocycles. The van der Waals surface area contributed by atoms with E-state index in [1.165, 1.54) is 0 Å². The summed E-state index contributed by atoms with van der Waals surface area (Å²) in [4.78, 5) is 11.9.